The SMILES string of the molecule is CC([TeH])OC(=O)C(C)C. The molecule has 0 radical (unpaired) electrons. The average Bonchev–Trinajstić information content (AvgIpc) is 1.63. The quantitative estimate of drug-likeness (QED) is 0.520. The van der Waals surface area contributed by atoms with Crippen molar-refractivity contribution in [2.45, 2.75) is 24.9 Å². The van der Waals surface area contributed by atoms with Crippen molar-refractivity contribution in [3.8, 4) is 0 Å². The summed E-state index contributed by atoms with van der Waals surface area (Å²) in [5.41, 5.74) is 0. The van der Waals surface area contributed by atoms with Gasteiger partial charge in [-0.05, 0) is 0 Å². The number of esters is 1. The zero-order valence-corrected chi connectivity index (χ0v) is 8.47. The Morgan fingerprint density at radius 1 is 1.44 bits per heavy atom. The van der Waals surface area contributed by atoms with Gasteiger partial charge in [-0.1, -0.05) is 0 Å². The molecule has 0 rings (SSSR count). The maximum atomic E-state index is 10.7. The van der Waals surface area contributed by atoms with Crippen LogP contribution in [0.1, 0.15) is 20.8 Å². The predicted molar refractivity (Wildman–Crippen MR) is 37.5 cm³/mol. The number of rotatable bonds is 2. The average molecular weight is 244 g/mol. The molecule has 0 aromatic carbocycles. The molecule has 0 bridgehead atoms. The third kappa shape index (κ3) is 4.74. The van der Waals surface area contributed by atoms with Crippen LogP contribution in [0.15, 0.2) is 0 Å². The van der Waals surface area contributed by atoms with Crippen LogP contribution in [0, 0.1) is 5.92 Å². The number of carbonyl (C=O) groups excluding carboxylic acids is 1. The fourth-order valence-electron chi connectivity index (χ4n) is 0.304. The van der Waals surface area contributed by atoms with Gasteiger partial charge in [-0.3, -0.25) is 0 Å². The normalized spacial score (nSPS) is 13.4. The predicted octanol–water partition coefficient (Wildman–Crippen LogP) is 0.432. The van der Waals surface area contributed by atoms with Gasteiger partial charge in [0.1, 0.15) is 0 Å². The molecule has 0 aliphatic heterocycles. The molecule has 0 heterocycles. The Hall–Kier alpha value is 0.260. The van der Waals surface area contributed by atoms with Crippen LogP contribution in [-0.4, -0.2) is 32.4 Å². The second kappa shape index (κ2) is 4.14. The van der Waals surface area contributed by atoms with Crippen molar-refractivity contribution in [2.24, 2.45) is 5.92 Å². The molecule has 0 amide bonds. The molecule has 0 aliphatic carbocycles. The summed E-state index contributed by atoms with van der Waals surface area (Å²) < 4.78 is 4.96. The summed E-state index contributed by atoms with van der Waals surface area (Å²) in [5.74, 6) is -0.107. The van der Waals surface area contributed by atoms with Gasteiger partial charge in [0.25, 0.3) is 0 Å². The first kappa shape index (κ1) is 9.26. The van der Waals surface area contributed by atoms with Crippen molar-refractivity contribution < 1.29 is 9.53 Å². The Bertz CT molecular complexity index is 99.2. The molecule has 1 unspecified atom stereocenters. The summed E-state index contributed by atoms with van der Waals surface area (Å²) in [6.45, 7) is 5.53. The Labute approximate surface area is 68.9 Å². The van der Waals surface area contributed by atoms with Gasteiger partial charge < -0.3 is 0 Å². The fraction of sp³-hybridized carbons (Fsp3) is 0.833. The van der Waals surface area contributed by atoms with E-state index in [0.29, 0.717) is 0 Å². The number of ether oxygens (including phenoxy) is 1. The van der Waals surface area contributed by atoms with Crippen LogP contribution in [0.3, 0.4) is 0 Å². The van der Waals surface area contributed by atoms with Crippen LogP contribution >= 0.6 is 0 Å². The van der Waals surface area contributed by atoms with E-state index in [4.69, 9.17) is 4.74 Å². The summed E-state index contributed by atoms with van der Waals surface area (Å²) in [4.78, 5) is 10.7. The molecule has 9 heavy (non-hydrogen) atoms. The van der Waals surface area contributed by atoms with E-state index in [-0.39, 0.29) is 16.0 Å². The van der Waals surface area contributed by atoms with Crippen molar-refractivity contribution in [1.82, 2.24) is 0 Å². The molecule has 0 spiro atoms. The molecule has 2 nitrogen and oxygen atoms in total. The van der Waals surface area contributed by atoms with Crippen LogP contribution in [0.5, 0.6) is 0 Å². The van der Waals surface area contributed by atoms with Crippen molar-refractivity contribution >= 4 is 28.3 Å². The van der Waals surface area contributed by atoms with Crippen LogP contribution in [-0.2, 0) is 9.53 Å². The van der Waals surface area contributed by atoms with Gasteiger partial charge in [0, 0.05) is 0 Å². The number of hydrogen-bond donors (Lipinski definition) is 0. The Morgan fingerprint density at radius 2 is 1.89 bits per heavy atom. The van der Waals surface area contributed by atoms with Gasteiger partial charge in [-0.25, -0.2) is 0 Å². The minimum absolute atomic E-state index is 0.000963. The van der Waals surface area contributed by atoms with E-state index in [2.05, 4.69) is 0 Å². The zero-order chi connectivity index (χ0) is 7.44. The van der Waals surface area contributed by atoms with E-state index < -0.39 is 0 Å². The van der Waals surface area contributed by atoms with Crippen molar-refractivity contribution in [2.75, 3.05) is 0 Å². The van der Waals surface area contributed by atoms with Crippen LogP contribution in [0.4, 0.5) is 0 Å². The van der Waals surface area contributed by atoms with E-state index >= 15 is 0 Å². The number of carbonyl (C=O) groups is 1. The topological polar surface area (TPSA) is 26.3 Å². The van der Waals surface area contributed by atoms with Gasteiger partial charge in [0.05, 0.1) is 0 Å². The molecule has 54 valence electrons. The third-order valence-corrected chi connectivity index (χ3v) is 1.06. The molecule has 0 aromatic heterocycles. The van der Waals surface area contributed by atoms with Crippen molar-refractivity contribution in [3.63, 3.8) is 0 Å². The zero-order valence-electron chi connectivity index (χ0n) is 5.92. The molecular weight excluding hydrogens is 232 g/mol. The summed E-state index contributed by atoms with van der Waals surface area (Å²) in [6, 6.07) is 0. The minimum atomic E-state index is -0.108. The van der Waals surface area contributed by atoms with E-state index in [1.165, 1.54) is 22.3 Å². The third-order valence-electron chi connectivity index (χ3n) is 0.758. The summed E-state index contributed by atoms with van der Waals surface area (Å²) in [5, 5.41) is 0. The summed E-state index contributed by atoms with van der Waals surface area (Å²) >= 11 is 1.51. The first-order valence-corrected chi connectivity index (χ1v) is 4.40. The van der Waals surface area contributed by atoms with Crippen LogP contribution in [0.2, 0.25) is 0 Å². The number of hydrogen-bond acceptors (Lipinski definition) is 2. The second-order valence-electron chi connectivity index (χ2n) is 2.19. The monoisotopic (exact) mass is 246 g/mol. The van der Waals surface area contributed by atoms with E-state index in [1.54, 1.807) is 0 Å². The van der Waals surface area contributed by atoms with Gasteiger partial charge in [0.2, 0.25) is 0 Å². The van der Waals surface area contributed by atoms with Crippen molar-refractivity contribution in [1.29, 1.82) is 0 Å². The second-order valence-corrected chi connectivity index (χ2v) is 4.27. The molecule has 0 N–H and O–H groups in total. The molecule has 3 heteroatoms. The van der Waals surface area contributed by atoms with Gasteiger partial charge >= 0.3 is 68.6 Å². The van der Waals surface area contributed by atoms with Crippen LogP contribution in [0.25, 0.3) is 0 Å². The Morgan fingerprint density at radius 3 is 2.00 bits per heavy atom. The van der Waals surface area contributed by atoms with Crippen molar-refractivity contribution in [3.05, 3.63) is 0 Å². The summed E-state index contributed by atoms with van der Waals surface area (Å²) in [6.07, 6.45) is 0. The molecule has 1 atom stereocenters. The molecule has 0 fully saturated rings. The first-order valence-electron chi connectivity index (χ1n) is 2.92. The molecular formula is C6H12O2Te. The molecule has 0 aromatic rings. The Kier molecular flexibility index (Phi) is 4.25. The standard InChI is InChI=1S/C6H12O2Te/c1-4(2)6(7)8-5(3)9/h4-5,9H,1-3H3. The maximum absolute atomic E-state index is 10.7. The fourth-order valence-corrected chi connectivity index (χ4v) is 0.601. The summed E-state index contributed by atoms with van der Waals surface area (Å²) in [7, 11) is 0. The Balaban J connectivity index is 3.51. The van der Waals surface area contributed by atoms with E-state index in [9.17, 15) is 4.79 Å². The van der Waals surface area contributed by atoms with E-state index in [0.717, 1.165) is 0 Å². The van der Waals surface area contributed by atoms with Crippen LogP contribution < -0.4 is 0 Å². The van der Waals surface area contributed by atoms with E-state index in [1.807, 2.05) is 20.8 Å². The molecule has 0 saturated carbocycles. The van der Waals surface area contributed by atoms with Gasteiger partial charge in [-0.15, -0.1) is 0 Å². The van der Waals surface area contributed by atoms with Gasteiger partial charge in [0.15, 0.2) is 0 Å². The molecule has 0 saturated heterocycles. The molecule has 0 aliphatic rings. The first-order chi connectivity index (χ1) is 4.04. The van der Waals surface area contributed by atoms with Gasteiger partial charge in [-0.2, -0.15) is 0 Å².